The zero-order chi connectivity index (χ0) is 12.0. The smallest absolute Gasteiger partial charge is 0.231 e. The van der Waals surface area contributed by atoms with Crippen molar-refractivity contribution in [2.24, 2.45) is 0 Å². The molecule has 0 atom stereocenters. The Morgan fingerprint density at radius 2 is 2.29 bits per heavy atom. The van der Waals surface area contributed by atoms with Crippen LogP contribution < -0.4 is 15.2 Å². The summed E-state index contributed by atoms with van der Waals surface area (Å²) >= 11 is 6.32. The Kier molecular flexibility index (Phi) is 2.16. The van der Waals surface area contributed by atoms with E-state index in [4.69, 9.17) is 26.8 Å². The number of nitrogens with one attached hydrogen (secondary N) is 1. The SMILES string of the molecule is Cc1cc2c(c(Cl)c1-c1cn[nH]c1N)OCO2. The standard InChI is InChI=1S/C11H10ClN3O2/c1-5-2-7-10(17-4-16-7)9(12)8(5)6-3-14-15-11(6)13/h2-3H,4H2,1H3,(H3,13,14,15). The van der Waals surface area contributed by atoms with E-state index in [-0.39, 0.29) is 6.79 Å². The third-order valence-electron chi connectivity index (χ3n) is 2.74. The van der Waals surface area contributed by atoms with Gasteiger partial charge < -0.3 is 15.2 Å². The molecular formula is C11H10ClN3O2. The Morgan fingerprint density at radius 3 is 3.00 bits per heavy atom. The van der Waals surface area contributed by atoms with Crippen molar-refractivity contribution >= 4 is 17.4 Å². The highest BCUT2D eigenvalue weighted by atomic mass is 35.5. The highest BCUT2D eigenvalue weighted by Crippen LogP contribution is 2.47. The quantitative estimate of drug-likeness (QED) is 0.816. The van der Waals surface area contributed by atoms with Gasteiger partial charge >= 0.3 is 0 Å². The first-order valence-electron chi connectivity index (χ1n) is 5.06. The molecule has 88 valence electrons. The van der Waals surface area contributed by atoms with Gasteiger partial charge in [0.2, 0.25) is 6.79 Å². The molecule has 0 saturated carbocycles. The van der Waals surface area contributed by atoms with Crippen molar-refractivity contribution in [1.29, 1.82) is 0 Å². The number of nitrogens with zero attached hydrogens (tertiary/aromatic N) is 1. The minimum atomic E-state index is 0.193. The van der Waals surface area contributed by atoms with Crippen LogP contribution in [0.3, 0.4) is 0 Å². The van der Waals surface area contributed by atoms with Crippen LogP contribution in [0.15, 0.2) is 12.3 Å². The fourth-order valence-electron chi connectivity index (χ4n) is 1.95. The largest absolute Gasteiger partial charge is 0.454 e. The lowest BCUT2D eigenvalue weighted by Crippen LogP contribution is -1.93. The Balaban J connectivity index is 2.28. The van der Waals surface area contributed by atoms with Gasteiger partial charge in [0, 0.05) is 11.1 Å². The van der Waals surface area contributed by atoms with Crippen LogP contribution in [0.4, 0.5) is 5.82 Å². The number of halogens is 1. The van der Waals surface area contributed by atoms with Crippen molar-refractivity contribution in [2.45, 2.75) is 6.92 Å². The molecule has 0 spiro atoms. The summed E-state index contributed by atoms with van der Waals surface area (Å²) in [6.45, 7) is 2.13. The van der Waals surface area contributed by atoms with E-state index in [1.807, 2.05) is 13.0 Å². The number of aromatic amines is 1. The molecule has 5 nitrogen and oxygen atoms in total. The molecule has 1 aromatic heterocycles. The number of anilines is 1. The molecule has 1 aliphatic rings. The number of hydrogen-bond acceptors (Lipinski definition) is 4. The molecule has 3 rings (SSSR count). The van der Waals surface area contributed by atoms with E-state index < -0.39 is 0 Å². The number of aryl methyl sites for hydroxylation is 1. The van der Waals surface area contributed by atoms with Crippen LogP contribution in [0.25, 0.3) is 11.1 Å². The normalized spacial score (nSPS) is 13.1. The molecule has 1 aliphatic heterocycles. The van der Waals surface area contributed by atoms with Crippen LogP contribution in [0.5, 0.6) is 11.5 Å². The van der Waals surface area contributed by atoms with Crippen molar-refractivity contribution in [3.63, 3.8) is 0 Å². The number of fused-ring (bicyclic) bond motifs is 1. The van der Waals surface area contributed by atoms with Gasteiger partial charge in [0.15, 0.2) is 11.5 Å². The summed E-state index contributed by atoms with van der Waals surface area (Å²) in [5.41, 5.74) is 8.36. The van der Waals surface area contributed by atoms with Gasteiger partial charge in [-0.1, -0.05) is 11.6 Å². The van der Waals surface area contributed by atoms with Gasteiger partial charge in [0.25, 0.3) is 0 Å². The maximum absolute atomic E-state index is 6.32. The molecular weight excluding hydrogens is 242 g/mol. The zero-order valence-electron chi connectivity index (χ0n) is 9.08. The average Bonchev–Trinajstić information content (AvgIpc) is 2.88. The molecule has 1 aromatic carbocycles. The Bertz CT molecular complexity index is 595. The first-order valence-corrected chi connectivity index (χ1v) is 5.44. The van der Waals surface area contributed by atoms with Crippen LogP contribution in [-0.2, 0) is 0 Å². The van der Waals surface area contributed by atoms with Crippen molar-refractivity contribution in [1.82, 2.24) is 10.2 Å². The molecule has 0 amide bonds. The van der Waals surface area contributed by atoms with Crippen LogP contribution in [0.2, 0.25) is 5.02 Å². The van der Waals surface area contributed by atoms with Gasteiger partial charge in [-0.25, -0.2) is 0 Å². The number of H-pyrrole nitrogens is 1. The summed E-state index contributed by atoms with van der Waals surface area (Å²) in [6.07, 6.45) is 1.64. The first kappa shape index (κ1) is 10.3. The minimum absolute atomic E-state index is 0.193. The van der Waals surface area contributed by atoms with Gasteiger partial charge in [0.1, 0.15) is 5.82 Å². The third kappa shape index (κ3) is 1.43. The van der Waals surface area contributed by atoms with Gasteiger partial charge in [-0.2, -0.15) is 5.10 Å². The topological polar surface area (TPSA) is 73.2 Å². The van der Waals surface area contributed by atoms with E-state index in [0.717, 1.165) is 16.7 Å². The van der Waals surface area contributed by atoms with E-state index in [1.54, 1.807) is 6.20 Å². The second-order valence-corrected chi connectivity index (χ2v) is 4.19. The van der Waals surface area contributed by atoms with Gasteiger partial charge in [-0.3, -0.25) is 5.10 Å². The molecule has 0 bridgehead atoms. The summed E-state index contributed by atoms with van der Waals surface area (Å²) in [7, 11) is 0. The molecule has 17 heavy (non-hydrogen) atoms. The molecule has 2 heterocycles. The summed E-state index contributed by atoms with van der Waals surface area (Å²) < 4.78 is 10.6. The van der Waals surface area contributed by atoms with Crippen LogP contribution in [0, 0.1) is 6.92 Å². The third-order valence-corrected chi connectivity index (χ3v) is 3.10. The number of nitrogens with two attached hydrogens (primary N) is 1. The highest BCUT2D eigenvalue weighted by molar-refractivity contribution is 6.35. The van der Waals surface area contributed by atoms with Crippen LogP contribution >= 0.6 is 11.6 Å². The lowest BCUT2D eigenvalue weighted by atomic mass is 10.0. The summed E-state index contributed by atoms with van der Waals surface area (Å²) in [5, 5.41) is 7.08. The number of ether oxygens (including phenoxy) is 2. The maximum Gasteiger partial charge on any atom is 0.231 e. The fraction of sp³-hybridized carbons (Fsp3) is 0.182. The van der Waals surface area contributed by atoms with E-state index in [9.17, 15) is 0 Å². The average molecular weight is 252 g/mol. The molecule has 3 N–H and O–H groups in total. The monoisotopic (exact) mass is 251 g/mol. The second kappa shape index (κ2) is 3.56. The number of aromatic nitrogens is 2. The summed E-state index contributed by atoms with van der Waals surface area (Å²) in [4.78, 5) is 0. The molecule has 2 aromatic rings. The molecule has 6 heteroatoms. The molecule has 0 saturated heterocycles. The number of hydrogen-bond donors (Lipinski definition) is 2. The minimum Gasteiger partial charge on any atom is -0.454 e. The molecule has 0 unspecified atom stereocenters. The maximum atomic E-state index is 6.32. The van der Waals surface area contributed by atoms with E-state index >= 15 is 0 Å². The zero-order valence-corrected chi connectivity index (χ0v) is 9.84. The van der Waals surface area contributed by atoms with Crippen LogP contribution in [-0.4, -0.2) is 17.0 Å². The van der Waals surface area contributed by atoms with Crippen molar-refractivity contribution < 1.29 is 9.47 Å². The molecule has 0 fully saturated rings. The van der Waals surface area contributed by atoms with Crippen molar-refractivity contribution in [3.8, 4) is 22.6 Å². The fourth-order valence-corrected chi connectivity index (χ4v) is 2.35. The molecule has 0 radical (unpaired) electrons. The van der Waals surface area contributed by atoms with E-state index in [0.29, 0.717) is 22.3 Å². The molecule has 0 aliphatic carbocycles. The number of nitrogen functional groups attached to an aromatic ring is 1. The van der Waals surface area contributed by atoms with Gasteiger partial charge in [0.05, 0.1) is 11.2 Å². The number of rotatable bonds is 1. The lowest BCUT2D eigenvalue weighted by molar-refractivity contribution is 0.174. The van der Waals surface area contributed by atoms with E-state index in [1.165, 1.54) is 0 Å². The van der Waals surface area contributed by atoms with Gasteiger partial charge in [-0.05, 0) is 18.6 Å². The van der Waals surface area contributed by atoms with Gasteiger partial charge in [-0.15, -0.1) is 0 Å². The second-order valence-electron chi connectivity index (χ2n) is 3.81. The Labute approximate surface area is 102 Å². The van der Waals surface area contributed by atoms with E-state index in [2.05, 4.69) is 10.2 Å². The van der Waals surface area contributed by atoms with Crippen molar-refractivity contribution in [3.05, 3.63) is 22.8 Å². The number of benzene rings is 1. The van der Waals surface area contributed by atoms with Crippen molar-refractivity contribution in [2.75, 3.05) is 12.5 Å². The highest BCUT2D eigenvalue weighted by Gasteiger charge is 2.24. The Hall–Kier alpha value is -1.88. The Morgan fingerprint density at radius 1 is 1.47 bits per heavy atom. The summed E-state index contributed by atoms with van der Waals surface area (Å²) in [5.74, 6) is 1.71. The summed E-state index contributed by atoms with van der Waals surface area (Å²) in [6, 6.07) is 1.88. The van der Waals surface area contributed by atoms with Crippen LogP contribution in [0.1, 0.15) is 5.56 Å². The first-order chi connectivity index (χ1) is 8.18. The lowest BCUT2D eigenvalue weighted by Gasteiger charge is -2.09. The predicted molar refractivity (Wildman–Crippen MR) is 64.3 cm³/mol. The predicted octanol–water partition coefficient (Wildman–Crippen LogP) is 2.35.